The summed E-state index contributed by atoms with van der Waals surface area (Å²) in [5.74, 6) is 1.36. The van der Waals surface area contributed by atoms with Crippen LogP contribution in [0.1, 0.15) is 5.82 Å². The predicted octanol–water partition coefficient (Wildman–Crippen LogP) is 3.39. The summed E-state index contributed by atoms with van der Waals surface area (Å²) in [6.07, 6.45) is 3.59. The van der Waals surface area contributed by atoms with Crippen LogP contribution in [0.3, 0.4) is 0 Å². The number of nitrogens with zero attached hydrogens (tertiary/aromatic N) is 3. The van der Waals surface area contributed by atoms with E-state index in [1.165, 1.54) is 0 Å². The fourth-order valence-corrected chi connectivity index (χ4v) is 1.86. The second-order valence-corrected chi connectivity index (χ2v) is 4.57. The molecule has 0 saturated heterocycles. The lowest BCUT2D eigenvalue weighted by molar-refractivity contribution is 0.811. The third-order valence-corrected chi connectivity index (χ3v) is 3.18. The summed E-state index contributed by atoms with van der Waals surface area (Å²) in [5, 5.41) is 4.03. The molecule has 0 saturated carbocycles. The Bertz CT molecular complexity index is 538. The van der Waals surface area contributed by atoms with Gasteiger partial charge in [0.15, 0.2) is 0 Å². The van der Waals surface area contributed by atoms with Crippen molar-refractivity contribution in [1.82, 2.24) is 14.5 Å². The molecule has 2 heterocycles. The highest BCUT2D eigenvalue weighted by Crippen LogP contribution is 2.28. The molecule has 0 aliphatic carbocycles. The molecule has 2 aromatic heterocycles. The summed E-state index contributed by atoms with van der Waals surface area (Å²) in [7, 11) is 1.91. The fourth-order valence-electron chi connectivity index (χ4n) is 1.30. The van der Waals surface area contributed by atoms with E-state index in [0.717, 1.165) is 5.82 Å². The first kappa shape index (κ1) is 12.5. The molecule has 1 N–H and O–H groups in total. The van der Waals surface area contributed by atoms with Crippen molar-refractivity contribution in [2.45, 2.75) is 6.54 Å². The third kappa shape index (κ3) is 2.83. The maximum atomic E-state index is 5.99. The largest absolute Gasteiger partial charge is 0.362 e. The average molecular weight is 292 g/mol. The molecular weight excluding hydrogens is 282 g/mol. The number of aryl methyl sites for hydroxylation is 1. The van der Waals surface area contributed by atoms with Crippen molar-refractivity contribution in [2.75, 3.05) is 5.32 Å². The van der Waals surface area contributed by atoms with Gasteiger partial charge in [0.2, 0.25) is 0 Å². The van der Waals surface area contributed by atoms with Crippen molar-refractivity contribution in [3.8, 4) is 0 Å². The van der Waals surface area contributed by atoms with Crippen LogP contribution in [0.5, 0.6) is 0 Å². The van der Waals surface area contributed by atoms with E-state index >= 15 is 0 Å². The first-order valence-electron chi connectivity index (χ1n) is 4.79. The zero-order valence-electron chi connectivity index (χ0n) is 8.91. The van der Waals surface area contributed by atoms with Crippen molar-refractivity contribution in [3.05, 3.63) is 39.5 Å². The number of hydrogen-bond acceptors (Lipinski definition) is 3. The molecule has 0 unspecified atom stereocenters. The number of aromatic nitrogens is 3. The van der Waals surface area contributed by atoms with Gasteiger partial charge in [0, 0.05) is 19.4 Å². The van der Waals surface area contributed by atoms with Crippen LogP contribution in [0.2, 0.25) is 15.2 Å². The van der Waals surface area contributed by atoms with Gasteiger partial charge < -0.3 is 9.88 Å². The Morgan fingerprint density at radius 1 is 1.29 bits per heavy atom. The summed E-state index contributed by atoms with van der Waals surface area (Å²) in [5.41, 5.74) is 0. The maximum absolute atomic E-state index is 5.99. The zero-order valence-corrected chi connectivity index (χ0v) is 11.2. The van der Waals surface area contributed by atoms with Crippen molar-refractivity contribution in [3.63, 3.8) is 0 Å². The maximum Gasteiger partial charge on any atom is 0.150 e. The lowest BCUT2D eigenvalue weighted by atomic mass is 10.4. The highest BCUT2D eigenvalue weighted by Gasteiger charge is 2.08. The van der Waals surface area contributed by atoms with E-state index in [0.29, 0.717) is 22.4 Å². The Morgan fingerprint density at radius 2 is 2.06 bits per heavy atom. The molecule has 7 heteroatoms. The van der Waals surface area contributed by atoms with Crippen LogP contribution in [0.15, 0.2) is 18.5 Å². The van der Waals surface area contributed by atoms with Crippen LogP contribution < -0.4 is 5.32 Å². The Hall–Kier alpha value is -0.970. The second-order valence-electron chi connectivity index (χ2n) is 3.40. The molecule has 0 radical (unpaired) electrons. The lowest BCUT2D eigenvalue weighted by Crippen LogP contribution is -2.07. The Morgan fingerprint density at radius 3 is 2.71 bits per heavy atom. The van der Waals surface area contributed by atoms with Crippen molar-refractivity contribution in [2.24, 2.45) is 7.05 Å². The minimum absolute atomic E-state index is 0.221. The smallest absolute Gasteiger partial charge is 0.150 e. The first-order chi connectivity index (χ1) is 8.08. The molecule has 0 aliphatic heterocycles. The quantitative estimate of drug-likeness (QED) is 0.882. The van der Waals surface area contributed by atoms with E-state index in [2.05, 4.69) is 15.3 Å². The van der Waals surface area contributed by atoms with Crippen LogP contribution >= 0.6 is 34.8 Å². The first-order valence-corrected chi connectivity index (χ1v) is 5.93. The molecule has 0 aliphatic rings. The van der Waals surface area contributed by atoms with Crippen molar-refractivity contribution >= 4 is 40.6 Å². The van der Waals surface area contributed by atoms with E-state index in [-0.39, 0.29) is 5.15 Å². The molecule has 0 atom stereocenters. The monoisotopic (exact) mass is 290 g/mol. The van der Waals surface area contributed by atoms with Gasteiger partial charge in [0.25, 0.3) is 0 Å². The molecule has 0 bridgehead atoms. The molecule has 90 valence electrons. The van der Waals surface area contributed by atoms with Gasteiger partial charge in [-0.25, -0.2) is 9.97 Å². The molecule has 17 heavy (non-hydrogen) atoms. The highest BCUT2D eigenvalue weighted by atomic mass is 35.5. The van der Waals surface area contributed by atoms with Gasteiger partial charge in [-0.1, -0.05) is 34.8 Å². The molecule has 2 rings (SSSR count). The topological polar surface area (TPSA) is 42.7 Å². The molecule has 2 aromatic rings. The van der Waals surface area contributed by atoms with Gasteiger partial charge in [-0.2, -0.15) is 0 Å². The molecule has 4 nitrogen and oxygen atoms in total. The molecule has 0 spiro atoms. The lowest BCUT2D eigenvalue weighted by Gasteiger charge is -2.08. The van der Waals surface area contributed by atoms with Crippen LogP contribution in [0, 0.1) is 0 Å². The molecule has 0 fully saturated rings. The van der Waals surface area contributed by atoms with Gasteiger partial charge in [-0.3, -0.25) is 0 Å². The number of anilines is 1. The van der Waals surface area contributed by atoms with Gasteiger partial charge in [-0.15, -0.1) is 0 Å². The van der Waals surface area contributed by atoms with Crippen molar-refractivity contribution in [1.29, 1.82) is 0 Å². The SMILES string of the molecule is Cn1ccnc1CNc1nc(Cl)c(Cl)cc1Cl. The summed E-state index contributed by atoms with van der Waals surface area (Å²) in [6.45, 7) is 0.508. The van der Waals surface area contributed by atoms with E-state index < -0.39 is 0 Å². The van der Waals surface area contributed by atoms with E-state index in [1.54, 1.807) is 12.3 Å². The minimum Gasteiger partial charge on any atom is -0.362 e. The summed E-state index contributed by atoms with van der Waals surface area (Å²) < 4.78 is 1.90. The summed E-state index contributed by atoms with van der Waals surface area (Å²) in [6, 6.07) is 1.55. The average Bonchev–Trinajstić information content (AvgIpc) is 2.68. The number of nitrogens with one attached hydrogen (secondary N) is 1. The molecule has 0 aromatic carbocycles. The van der Waals surface area contributed by atoms with Crippen molar-refractivity contribution < 1.29 is 0 Å². The minimum atomic E-state index is 0.221. The molecule has 0 amide bonds. The van der Waals surface area contributed by atoms with Crippen LogP contribution in [-0.4, -0.2) is 14.5 Å². The van der Waals surface area contributed by atoms with E-state index in [9.17, 15) is 0 Å². The third-order valence-electron chi connectivity index (χ3n) is 2.22. The molecular formula is C10H9Cl3N4. The Labute approximate surface area is 114 Å². The highest BCUT2D eigenvalue weighted by molar-refractivity contribution is 6.42. The van der Waals surface area contributed by atoms with Crippen LogP contribution in [-0.2, 0) is 13.6 Å². The van der Waals surface area contributed by atoms with Crippen LogP contribution in [0.4, 0.5) is 5.82 Å². The number of rotatable bonds is 3. The predicted molar refractivity (Wildman–Crippen MR) is 69.8 cm³/mol. The van der Waals surface area contributed by atoms with Crippen LogP contribution in [0.25, 0.3) is 0 Å². The zero-order chi connectivity index (χ0) is 12.4. The Balaban J connectivity index is 2.14. The number of halogens is 3. The normalized spacial score (nSPS) is 10.6. The van der Waals surface area contributed by atoms with E-state index in [1.807, 2.05) is 17.8 Å². The second kappa shape index (κ2) is 5.12. The van der Waals surface area contributed by atoms with Gasteiger partial charge in [0.1, 0.15) is 16.8 Å². The van der Waals surface area contributed by atoms with Gasteiger partial charge >= 0.3 is 0 Å². The summed E-state index contributed by atoms with van der Waals surface area (Å²) in [4.78, 5) is 8.23. The number of pyridine rings is 1. The van der Waals surface area contributed by atoms with E-state index in [4.69, 9.17) is 34.8 Å². The van der Waals surface area contributed by atoms with Gasteiger partial charge in [-0.05, 0) is 6.07 Å². The fraction of sp³-hybridized carbons (Fsp3) is 0.200. The standard InChI is InChI=1S/C10H9Cl3N4/c1-17-3-2-14-8(17)5-15-10-7(12)4-6(11)9(13)16-10/h2-4H,5H2,1H3,(H,15,16). The Kier molecular flexibility index (Phi) is 3.76. The number of imidazole rings is 1. The summed E-state index contributed by atoms with van der Waals surface area (Å²) >= 11 is 17.6. The number of hydrogen-bond donors (Lipinski definition) is 1. The van der Waals surface area contributed by atoms with Gasteiger partial charge in [0.05, 0.1) is 16.6 Å².